The maximum atomic E-state index is 12.8. The lowest BCUT2D eigenvalue weighted by Gasteiger charge is -2.08. The van der Waals surface area contributed by atoms with Crippen LogP contribution in [0.25, 0.3) is 28.2 Å². The molecule has 0 saturated carbocycles. The summed E-state index contributed by atoms with van der Waals surface area (Å²) in [4.78, 5) is 46.7. The van der Waals surface area contributed by atoms with E-state index in [2.05, 4.69) is 15.1 Å². The third-order valence-corrected chi connectivity index (χ3v) is 5.78. The highest BCUT2D eigenvalue weighted by molar-refractivity contribution is 5.86. The summed E-state index contributed by atoms with van der Waals surface area (Å²) < 4.78 is 11.0. The van der Waals surface area contributed by atoms with Gasteiger partial charge in [-0.3, -0.25) is 13.9 Å². The summed E-state index contributed by atoms with van der Waals surface area (Å²) in [5.41, 5.74) is 1.29. The summed E-state index contributed by atoms with van der Waals surface area (Å²) >= 11 is 0. The van der Waals surface area contributed by atoms with Crippen molar-refractivity contribution in [2.24, 2.45) is 14.1 Å². The Bertz CT molecular complexity index is 1610. The molecule has 3 heterocycles. The zero-order valence-electron chi connectivity index (χ0n) is 19.7. The van der Waals surface area contributed by atoms with Crippen molar-refractivity contribution in [2.45, 2.75) is 13.0 Å². The quantitative estimate of drug-likeness (QED) is 0.255. The largest absolute Gasteiger partial charge is 0.460 e. The van der Waals surface area contributed by atoms with Crippen molar-refractivity contribution < 1.29 is 9.53 Å². The number of para-hydroxylation sites is 1. The Labute approximate surface area is 204 Å². The molecule has 0 atom stereocenters. The van der Waals surface area contributed by atoms with Crippen molar-refractivity contribution in [3.63, 3.8) is 0 Å². The number of fused-ring (bicyclic) bond motifs is 1. The number of benzene rings is 2. The number of carbonyl (C=O) groups excluding carboxylic acids is 1. The number of ether oxygens (including phenoxy) is 1. The van der Waals surface area contributed by atoms with E-state index in [0.29, 0.717) is 17.0 Å². The second kappa shape index (κ2) is 9.45. The average molecular weight is 486 g/mol. The molecule has 0 saturated heterocycles. The van der Waals surface area contributed by atoms with Gasteiger partial charge in [-0.05, 0) is 18.6 Å². The van der Waals surface area contributed by atoms with Crippen LogP contribution < -0.4 is 11.2 Å². The highest BCUT2D eigenvalue weighted by atomic mass is 16.5. The Morgan fingerprint density at radius 3 is 2.39 bits per heavy atom. The van der Waals surface area contributed by atoms with Crippen molar-refractivity contribution in [3.8, 4) is 17.1 Å². The van der Waals surface area contributed by atoms with Crippen molar-refractivity contribution in [1.82, 2.24) is 33.4 Å². The molecule has 0 aliphatic carbocycles. The van der Waals surface area contributed by atoms with E-state index >= 15 is 0 Å². The molecule has 0 aliphatic heterocycles. The third-order valence-electron chi connectivity index (χ3n) is 5.78. The summed E-state index contributed by atoms with van der Waals surface area (Å²) in [6, 6.07) is 18.8. The molecule has 0 aliphatic rings. The zero-order valence-corrected chi connectivity index (χ0v) is 19.7. The van der Waals surface area contributed by atoms with Gasteiger partial charge in [0, 0.05) is 26.2 Å². The molecule has 11 heteroatoms. The fraction of sp³-hybridized carbons (Fsp3) is 0.200. The molecular weight excluding hydrogens is 462 g/mol. The maximum Gasteiger partial charge on any atom is 0.378 e. The second-order valence-electron chi connectivity index (χ2n) is 8.19. The standard InChI is InChI=1S/C25H23N7O4/c1-29-16-26-22-19(29)23(33)31(25(35)30(22)2)14-9-15-36-24(34)20-27-21(17-10-5-3-6-11-17)32(28-20)18-12-7-4-8-13-18/h3-8,10-13,16H,9,14-15H2,1-2H3. The summed E-state index contributed by atoms with van der Waals surface area (Å²) in [6.45, 7) is 0.0689. The van der Waals surface area contributed by atoms with Gasteiger partial charge in [0.05, 0.1) is 18.6 Å². The van der Waals surface area contributed by atoms with E-state index < -0.39 is 17.2 Å². The van der Waals surface area contributed by atoms with Crippen LogP contribution in [-0.2, 0) is 25.4 Å². The van der Waals surface area contributed by atoms with Crippen molar-refractivity contribution >= 4 is 17.1 Å². The molecule has 36 heavy (non-hydrogen) atoms. The normalized spacial score (nSPS) is 11.2. The van der Waals surface area contributed by atoms with Crippen molar-refractivity contribution in [3.05, 3.63) is 93.7 Å². The van der Waals surface area contributed by atoms with Crippen LogP contribution in [-0.4, -0.2) is 46.0 Å². The van der Waals surface area contributed by atoms with Gasteiger partial charge < -0.3 is 9.30 Å². The summed E-state index contributed by atoms with van der Waals surface area (Å²) in [5, 5.41) is 4.38. The van der Waals surface area contributed by atoms with Gasteiger partial charge in [-0.15, -0.1) is 5.10 Å². The molecule has 0 unspecified atom stereocenters. The van der Waals surface area contributed by atoms with Gasteiger partial charge in [0.15, 0.2) is 17.0 Å². The van der Waals surface area contributed by atoms with Crippen LogP contribution in [0.1, 0.15) is 17.0 Å². The van der Waals surface area contributed by atoms with Crippen LogP contribution in [0.3, 0.4) is 0 Å². The van der Waals surface area contributed by atoms with E-state index in [9.17, 15) is 14.4 Å². The number of imidazole rings is 1. The minimum atomic E-state index is -0.691. The molecule has 11 nitrogen and oxygen atoms in total. The lowest BCUT2D eigenvalue weighted by molar-refractivity contribution is 0.0481. The number of esters is 1. The van der Waals surface area contributed by atoms with Gasteiger partial charge >= 0.3 is 11.7 Å². The van der Waals surface area contributed by atoms with E-state index in [1.807, 2.05) is 60.7 Å². The summed E-state index contributed by atoms with van der Waals surface area (Å²) in [7, 11) is 3.26. The molecule has 5 rings (SSSR count). The fourth-order valence-electron chi connectivity index (χ4n) is 3.97. The predicted octanol–water partition coefficient (Wildman–Crippen LogP) is 1.93. The zero-order chi connectivity index (χ0) is 25.2. The smallest absolute Gasteiger partial charge is 0.378 e. The van der Waals surface area contributed by atoms with Crippen LogP contribution >= 0.6 is 0 Å². The van der Waals surface area contributed by atoms with Crippen LogP contribution in [0.5, 0.6) is 0 Å². The first kappa shape index (κ1) is 23.0. The van der Waals surface area contributed by atoms with Gasteiger partial charge in [0.25, 0.3) is 11.4 Å². The number of rotatable bonds is 7. The van der Waals surface area contributed by atoms with Crippen LogP contribution in [0.2, 0.25) is 0 Å². The molecular formula is C25H23N7O4. The number of aromatic nitrogens is 7. The lowest BCUT2D eigenvalue weighted by atomic mass is 10.2. The van der Waals surface area contributed by atoms with E-state index in [0.717, 1.165) is 15.8 Å². The van der Waals surface area contributed by atoms with Crippen LogP contribution in [0, 0.1) is 0 Å². The Morgan fingerprint density at radius 2 is 1.67 bits per heavy atom. The number of hydrogen-bond donors (Lipinski definition) is 0. The average Bonchev–Trinajstić information content (AvgIpc) is 3.52. The molecule has 182 valence electrons. The number of carbonyl (C=O) groups is 1. The van der Waals surface area contributed by atoms with E-state index in [4.69, 9.17) is 4.74 Å². The van der Waals surface area contributed by atoms with Gasteiger partial charge in [-0.25, -0.2) is 24.2 Å². The molecule has 0 spiro atoms. The topological polar surface area (TPSA) is 119 Å². The molecule has 2 aromatic carbocycles. The third kappa shape index (κ3) is 4.11. The Morgan fingerprint density at radius 1 is 0.972 bits per heavy atom. The van der Waals surface area contributed by atoms with Gasteiger partial charge in [-0.2, -0.15) is 0 Å². The molecule has 3 aromatic heterocycles. The van der Waals surface area contributed by atoms with Crippen molar-refractivity contribution in [1.29, 1.82) is 0 Å². The summed E-state index contributed by atoms with van der Waals surface area (Å²) in [5.74, 6) is -0.264. The Balaban J connectivity index is 1.33. The number of nitrogens with zero attached hydrogens (tertiary/aromatic N) is 7. The van der Waals surface area contributed by atoms with Gasteiger partial charge in [-0.1, -0.05) is 48.5 Å². The van der Waals surface area contributed by atoms with Crippen molar-refractivity contribution in [2.75, 3.05) is 6.61 Å². The second-order valence-corrected chi connectivity index (χ2v) is 8.19. The fourth-order valence-corrected chi connectivity index (χ4v) is 3.97. The van der Waals surface area contributed by atoms with E-state index in [-0.39, 0.29) is 25.4 Å². The molecule has 0 fully saturated rings. The first-order valence-corrected chi connectivity index (χ1v) is 11.3. The maximum absolute atomic E-state index is 12.8. The monoisotopic (exact) mass is 485 g/mol. The molecule has 5 aromatic rings. The lowest BCUT2D eigenvalue weighted by Crippen LogP contribution is -2.39. The minimum Gasteiger partial charge on any atom is -0.460 e. The number of aryl methyl sites for hydroxylation is 2. The van der Waals surface area contributed by atoms with Gasteiger partial charge in [0.1, 0.15) is 0 Å². The SMILES string of the molecule is Cn1cnc2c1c(=O)n(CCCOC(=O)c1nc(-c3ccccc3)n(-c3ccccc3)n1)c(=O)n2C. The first-order valence-electron chi connectivity index (χ1n) is 11.3. The molecule has 0 bridgehead atoms. The Kier molecular flexibility index (Phi) is 6.03. The molecule has 0 N–H and O–H groups in total. The Hall–Kier alpha value is -4.80. The highest BCUT2D eigenvalue weighted by Gasteiger charge is 2.20. The predicted molar refractivity (Wildman–Crippen MR) is 132 cm³/mol. The molecule has 0 radical (unpaired) electrons. The van der Waals surface area contributed by atoms with Crippen LogP contribution in [0.15, 0.2) is 76.6 Å². The van der Waals surface area contributed by atoms with E-state index in [1.165, 1.54) is 10.9 Å². The minimum absolute atomic E-state index is 0.0155. The first-order chi connectivity index (χ1) is 17.5. The number of hydrogen-bond acceptors (Lipinski definition) is 7. The van der Waals surface area contributed by atoms with Crippen LogP contribution in [0.4, 0.5) is 0 Å². The highest BCUT2D eigenvalue weighted by Crippen LogP contribution is 2.21. The molecule has 0 amide bonds. The van der Waals surface area contributed by atoms with Gasteiger partial charge in [0.2, 0.25) is 0 Å². The summed E-state index contributed by atoms with van der Waals surface area (Å²) in [6.07, 6.45) is 1.75. The van der Waals surface area contributed by atoms with E-state index in [1.54, 1.807) is 23.3 Å².